The first kappa shape index (κ1) is 34.5. The zero-order valence-corrected chi connectivity index (χ0v) is 19.8. The normalized spacial score (nSPS) is 14.7. The second kappa shape index (κ2) is 15.3. The summed E-state index contributed by atoms with van der Waals surface area (Å²) in [6.45, 7) is 1.18. The van der Waals surface area contributed by atoms with E-state index in [0.717, 1.165) is 0 Å². The minimum Gasteiger partial charge on any atom is -0.445 e. The number of ether oxygens (including phenoxy) is 1. The van der Waals surface area contributed by atoms with Crippen LogP contribution in [0.4, 0.5) is 22.4 Å². The lowest BCUT2D eigenvalue weighted by atomic mass is 10.0. The van der Waals surface area contributed by atoms with Crippen molar-refractivity contribution in [3.05, 3.63) is 35.9 Å². The maximum atomic E-state index is 13.0. The molecule has 0 saturated carbocycles. The minimum absolute atomic E-state index is 0. The lowest BCUT2D eigenvalue weighted by molar-refractivity contribution is -0.129. The van der Waals surface area contributed by atoms with Crippen molar-refractivity contribution in [1.29, 1.82) is 0 Å². The number of amides is 3. The lowest BCUT2D eigenvalue weighted by Gasteiger charge is -2.24. The van der Waals surface area contributed by atoms with Crippen LogP contribution in [0.3, 0.4) is 0 Å². The number of aliphatic hydroxyl groups is 2. The predicted molar refractivity (Wildman–Crippen MR) is 120 cm³/mol. The highest BCUT2D eigenvalue weighted by atomic mass is 35.5. The van der Waals surface area contributed by atoms with E-state index in [0.29, 0.717) is 19.4 Å². The largest absolute Gasteiger partial charge is 0.445 e. The summed E-state index contributed by atoms with van der Waals surface area (Å²) in [5.74, 6) is -8.51. The summed E-state index contributed by atoms with van der Waals surface area (Å²) in [6.07, 6.45) is -6.39. The second-order valence-electron chi connectivity index (χ2n) is 7.72. The molecule has 202 valence electrons. The molecule has 0 fully saturated rings. The molecule has 0 spiro atoms. The monoisotopic (exact) mass is 534 g/mol. The Morgan fingerprint density at radius 1 is 0.943 bits per heavy atom. The minimum atomic E-state index is -3.20. The molecule has 9 N–H and O–H groups in total. The molecule has 1 aromatic carbocycles. The van der Waals surface area contributed by atoms with E-state index in [4.69, 9.17) is 21.3 Å². The molecule has 1 rings (SSSR count). The Bertz CT molecular complexity index is 796. The van der Waals surface area contributed by atoms with Gasteiger partial charge in [-0.3, -0.25) is 9.59 Å². The highest BCUT2D eigenvalue weighted by Crippen LogP contribution is 2.21. The predicted octanol–water partition coefficient (Wildman–Crippen LogP) is 0.800. The Morgan fingerprint density at radius 3 is 1.80 bits per heavy atom. The Hall–Kier alpha value is -2.68. The van der Waals surface area contributed by atoms with Crippen LogP contribution in [0.25, 0.3) is 0 Å². The van der Waals surface area contributed by atoms with Gasteiger partial charge in [0.25, 0.3) is 0 Å². The van der Waals surface area contributed by atoms with Crippen molar-refractivity contribution in [3.8, 4) is 0 Å². The van der Waals surface area contributed by atoms with Crippen LogP contribution in [0.2, 0.25) is 0 Å². The topological polar surface area (TPSA) is 191 Å². The molecule has 0 heterocycles. The fraction of sp³-hybridized carbons (Fsp3) is 0.550. The highest BCUT2D eigenvalue weighted by Gasteiger charge is 2.35. The van der Waals surface area contributed by atoms with E-state index >= 15 is 0 Å². The fourth-order valence-electron chi connectivity index (χ4n) is 2.48. The number of hydrogen-bond acceptors (Lipinski definition) is 7. The zero-order chi connectivity index (χ0) is 26.7. The molecule has 15 heteroatoms. The molecule has 0 bridgehead atoms. The molecule has 0 aliphatic carbocycles. The van der Waals surface area contributed by atoms with E-state index in [2.05, 4.69) is 5.73 Å². The molecule has 0 aliphatic heterocycles. The van der Waals surface area contributed by atoms with Gasteiger partial charge in [0, 0.05) is 18.9 Å². The number of carbonyl (C=O) groups is 3. The van der Waals surface area contributed by atoms with Gasteiger partial charge in [-0.05, 0) is 19.4 Å². The molecule has 0 aromatic heterocycles. The van der Waals surface area contributed by atoms with Crippen LogP contribution in [-0.2, 0) is 20.9 Å². The van der Waals surface area contributed by atoms with Crippen LogP contribution in [-0.4, -0.2) is 64.3 Å². The molecule has 1 aromatic rings. The molecule has 3 amide bonds. The lowest BCUT2D eigenvalue weighted by Crippen LogP contribution is -2.51. The second-order valence-corrected chi connectivity index (χ2v) is 7.72. The van der Waals surface area contributed by atoms with E-state index in [1.165, 1.54) is 0 Å². The molecule has 10 nitrogen and oxygen atoms in total. The number of nitrogens with two attached hydrogens (primary N) is 3. The van der Waals surface area contributed by atoms with Crippen molar-refractivity contribution < 1.29 is 46.9 Å². The number of primary amides is 2. The van der Waals surface area contributed by atoms with Crippen LogP contribution in [0.15, 0.2) is 30.3 Å². The van der Waals surface area contributed by atoms with Gasteiger partial charge in [0.2, 0.25) is 23.7 Å². The van der Waals surface area contributed by atoms with Crippen molar-refractivity contribution in [2.24, 2.45) is 17.2 Å². The van der Waals surface area contributed by atoms with E-state index in [1.807, 2.05) is 5.32 Å². The van der Waals surface area contributed by atoms with Crippen molar-refractivity contribution >= 4 is 30.3 Å². The zero-order valence-electron chi connectivity index (χ0n) is 19.0. The van der Waals surface area contributed by atoms with Crippen molar-refractivity contribution in [1.82, 2.24) is 5.32 Å². The molecular formula is C20H31ClF4N4O6. The van der Waals surface area contributed by atoms with Crippen molar-refractivity contribution in [2.75, 3.05) is 0 Å². The third-order valence-corrected chi connectivity index (χ3v) is 4.06. The van der Waals surface area contributed by atoms with Crippen LogP contribution >= 0.6 is 12.4 Å². The number of hydrogen-bond donors (Lipinski definition) is 6. The number of halogens is 5. The van der Waals surface area contributed by atoms with Crippen molar-refractivity contribution in [3.63, 3.8) is 0 Å². The summed E-state index contributed by atoms with van der Waals surface area (Å²) in [5.41, 5.74) is 15.3. The molecule has 0 radical (unpaired) electrons. The van der Waals surface area contributed by atoms with Crippen LogP contribution < -0.4 is 22.5 Å². The van der Waals surface area contributed by atoms with Gasteiger partial charge in [-0.1, -0.05) is 30.3 Å². The number of benzene rings is 1. The summed E-state index contributed by atoms with van der Waals surface area (Å²) in [7, 11) is 0. The van der Waals surface area contributed by atoms with Gasteiger partial charge in [-0.25, -0.2) is 22.4 Å². The summed E-state index contributed by atoms with van der Waals surface area (Å²) in [6, 6.07) is 5.84. The number of aliphatic hydroxyl groups excluding tert-OH is 2. The molecule has 0 saturated heterocycles. The number of alkyl halides is 4. The van der Waals surface area contributed by atoms with Gasteiger partial charge in [0.1, 0.15) is 12.7 Å². The fourth-order valence-corrected chi connectivity index (χ4v) is 2.48. The van der Waals surface area contributed by atoms with Gasteiger partial charge >= 0.3 is 6.09 Å². The molecule has 4 atom stereocenters. The van der Waals surface area contributed by atoms with E-state index in [-0.39, 0.29) is 19.0 Å². The van der Waals surface area contributed by atoms with Crippen LogP contribution in [0, 0.1) is 0 Å². The molecule has 4 unspecified atom stereocenters. The average molecular weight is 535 g/mol. The Labute approximate surface area is 205 Å². The highest BCUT2D eigenvalue weighted by molar-refractivity contribution is 5.85. The standard InChI is InChI=1S/C14H18F2N2O4.C6H12F2N2O2.ClH/c1-14(15,16)7-10(11(19)12(17)20)18-13(21)22-8-9-5-3-2-4-6-9;1-6(7,8)2-3(9)4(11)5(10)12;/h2-6,10-11,19H,7-8H2,1H3,(H2,17,20)(H,18,21);3-4,11H,2,9H2,1H3,(H2,10,12);1H. The third-order valence-electron chi connectivity index (χ3n) is 4.06. The first-order chi connectivity index (χ1) is 15.4. The summed E-state index contributed by atoms with van der Waals surface area (Å²) in [4.78, 5) is 32.8. The Kier molecular flexibility index (Phi) is 15.1. The molecule has 35 heavy (non-hydrogen) atoms. The number of nitrogens with one attached hydrogen (secondary N) is 1. The first-order valence-corrected chi connectivity index (χ1v) is 9.86. The number of carbonyl (C=O) groups excluding carboxylic acids is 3. The molecular weight excluding hydrogens is 504 g/mol. The van der Waals surface area contributed by atoms with Gasteiger partial charge in [0.05, 0.1) is 6.04 Å². The van der Waals surface area contributed by atoms with Gasteiger partial charge < -0.3 is 37.5 Å². The third kappa shape index (κ3) is 16.6. The van der Waals surface area contributed by atoms with E-state index < -0.39 is 66.9 Å². The number of rotatable bonds is 11. The summed E-state index contributed by atoms with van der Waals surface area (Å²) in [5, 5.41) is 20.4. The smallest absolute Gasteiger partial charge is 0.407 e. The van der Waals surface area contributed by atoms with Crippen LogP contribution in [0.1, 0.15) is 32.3 Å². The maximum absolute atomic E-state index is 13.0. The quantitative estimate of drug-likeness (QED) is 0.226. The maximum Gasteiger partial charge on any atom is 0.407 e. The van der Waals surface area contributed by atoms with Gasteiger partial charge in [-0.2, -0.15) is 0 Å². The first-order valence-electron chi connectivity index (χ1n) is 9.86. The molecule has 0 aliphatic rings. The van der Waals surface area contributed by atoms with Gasteiger partial charge in [-0.15, -0.1) is 12.4 Å². The van der Waals surface area contributed by atoms with E-state index in [1.54, 1.807) is 30.3 Å². The SMILES string of the molecule is CC(F)(F)CC(N)C(O)C(N)=O.CC(F)(F)CC(NC(=O)OCc1ccccc1)C(O)C(N)=O.Cl. The van der Waals surface area contributed by atoms with Gasteiger partial charge in [0.15, 0.2) is 6.10 Å². The Balaban J connectivity index is 0. The average Bonchev–Trinajstić information content (AvgIpc) is 2.69. The van der Waals surface area contributed by atoms with Crippen LogP contribution in [0.5, 0.6) is 0 Å². The Morgan fingerprint density at radius 2 is 1.40 bits per heavy atom. The van der Waals surface area contributed by atoms with E-state index in [9.17, 15) is 37.1 Å². The van der Waals surface area contributed by atoms with Crippen molar-refractivity contribution in [2.45, 2.75) is 69.4 Å². The summed E-state index contributed by atoms with van der Waals surface area (Å²) >= 11 is 0. The summed E-state index contributed by atoms with van der Waals surface area (Å²) < 4.78 is 55.4. The number of alkyl carbamates (subject to hydrolysis) is 1.